The van der Waals surface area contributed by atoms with Crippen molar-refractivity contribution in [1.29, 1.82) is 0 Å². The fourth-order valence-corrected chi connectivity index (χ4v) is 4.26. The van der Waals surface area contributed by atoms with Crippen molar-refractivity contribution in [3.63, 3.8) is 0 Å². The van der Waals surface area contributed by atoms with Crippen LogP contribution in [0.4, 0.5) is 0 Å². The maximum atomic E-state index is 11.8. The molecule has 1 aromatic heterocycles. The molecule has 1 aliphatic carbocycles. The number of aromatic nitrogens is 2. The predicted molar refractivity (Wildman–Crippen MR) is 78.2 cm³/mol. The van der Waals surface area contributed by atoms with Gasteiger partial charge in [-0.3, -0.25) is 9.69 Å². The molecule has 114 valence electrons. The summed E-state index contributed by atoms with van der Waals surface area (Å²) >= 11 is 0. The molecule has 0 saturated carbocycles. The molecule has 2 saturated heterocycles. The predicted octanol–water partition coefficient (Wildman–Crippen LogP) is 1.63. The van der Waals surface area contributed by atoms with E-state index in [0.29, 0.717) is 12.6 Å². The average molecular weight is 289 g/mol. The van der Waals surface area contributed by atoms with Crippen LogP contribution < -0.4 is 0 Å². The first kappa shape index (κ1) is 13.3. The highest BCUT2D eigenvalue weighted by molar-refractivity contribution is 5.77. The molecule has 0 unspecified atom stereocenters. The first-order chi connectivity index (χ1) is 10.2. The summed E-state index contributed by atoms with van der Waals surface area (Å²) in [4.78, 5) is 18.9. The summed E-state index contributed by atoms with van der Waals surface area (Å²) in [5.41, 5.74) is 2.78. The highest BCUT2D eigenvalue weighted by atomic mass is 16.5. The van der Waals surface area contributed by atoms with E-state index in [9.17, 15) is 4.79 Å². The standard InChI is InChI=1S/C16H23N3O2/c1-11-17-13-4-2-3-5-14(13)19(11)12-6-8-18(10-12)15-7-9-21-16(15)20/h12,15H,2-10H2,1H3/t12-,15+/m1/s1. The maximum Gasteiger partial charge on any atom is 0.323 e. The van der Waals surface area contributed by atoms with Crippen LogP contribution in [0.2, 0.25) is 0 Å². The molecule has 0 aromatic carbocycles. The highest BCUT2D eigenvalue weighted by Crippen LogP contribution is 2.32. The fraction of sp³-hybridized carbons (Fsp3) is 0.750. The number of hydrogen-bond acceptors (Lipinski definition) is 4. The molecule has 5 heteroatoms. The second-order valence-corrected chi connectivity index (χ2v) is 6.54. The number of likely N-dealkylation sites (tertiary alicyclic amines) is 1. The van der Waals surface area contributed by atoms with Gasteiger partial charge < -0.3 is 9.30 Å². The first-order valence-electron chi connectivity index (χ1n) is 8.21. The summed E-state index contributed by atoms with van der Waals surface area (Å²) < 4.78 is 7.59. The van der Waals surface area contributed by atoms with Gasteiger partial charge in [0.15, 0.2) is 0 Å². The fourth-order valence-electron chi connectivity index (χ4n) is 4.26. The zero-order valence-corrected chi connectivity index (χ0v) is 12.7. The lowest BCUT2D eigenvalue weighted by Gasteiger charge is -2.23. The molecule has 0 amide bonds. The lowest BCUT2D eigenvalue weighted by atomic mass is 10.0. The Labute approximate surface area is 125 Å². The monoisotopic (exact) mass is 289 g/mol. The van der Waals surface area contributed by atoms with E-state index >= 15 is 0 Å². The molecule has 0 bridgehead atoms. The number of nitrogens with zero attached hydrogens (tertiary/aromatic N) is 3. The van der Waals surface area contributed by atoms with Crippen LogP contribution in [0.5, 0.6) is 0 Å². The Hall–Kier alpha value is -1.36. The maximum absolute atomic E-state index is 11.8. The van der Waals surface area contributed by atoms with Crippen molar-refractivity contribution in [3.8, 4) is 0 Å². The van der Waals surface area contributed by atoms with Gasteiger partial charge in [-0.2, -0.15) is 0 Å². The van der Waals surface area contributed by atoms with Crippen molar-refractivity contribution < 1.29 is 9.53 Å². The Balaban J connectivity index is 1.56. The quantitative estimate of drug-likeness (QED) is 0.777. The number of aryl methyl sites for hydroxylation is 2. The van der Waals surface area contributed by atoms with E-state index in [0.717, 1.165) is 44.6 Å². The van der Waals surface area contributed by atoms with Crippen molar-refractivity contribution in [2.24, 2.45) is 0 Å². The van der Waals surface area contributed by atoms with Gasteiger partial charge in [0, 0.05) is 31.2 Å². The number of ether oxygens (including phenoxy) is 1. The van der Waals surface area contributed by atoms with Gasteiger partial charge in [0.2, 0.25) is 0 Å². The lowest BCUT2D eigenvalue weighted by molar-refractivity contribution is -0.142. The van der Waals surface area contributed by atoms with Gasteiger partial charge in [0.05, 0.1) is 12.3 Å². The van der Waals surface area contributed by atoms with E-state index in [2.05, 4.69) is 16.4 Å². The largest absolute Gasteiger partial charge is 0.464 e. The first-order valence-corrected chi connectivity index (χ1v) is 8.21. The Kier molecular flexibility index (Phi) is 3.25. The summed E-state index contributed by atoms with van der Waals surface area (Å²) in [6.45, 7) is 4.68. The minimum Gasteiger partial charge on any atom is -0.464 e. The van der Waals surface area contributed by atoms with Gasteiger partial charge in [-0.15, -0.1) is 0 Å². The molecule has 3 heterocycles. The van der Waals surface area contributed by atoms with E-state index < -0.39 is 0 Å². The lowest BCUT2D eigenvalue weighted by Crippen LogP contribution is -2.37. The molecule has 2 aliphatic heterocycles. The van der Waals surface area contributed by atoms with Crippen molar-refractivity contribution in [2.45, 2.75) is 57.5 Å². The van der Waals surface area contributed by atoms with Crippen LogP contribution in [0.25, 0.3) is 0 Å². The number of esters is 1. The van der Waals surface area contributed by atoms with E-state index in [1.807, 2.05) is 0 Å². The van der Waals surface area contributed by atoms with E-state index in [1.54, 1.807) is 0 Å². The van der Waals surface area contributed by atoms with Crippen LogP contribution in [0.3, 0.4) is 0 Å². The van der Waals surface area contributed by atoms with Gasteiger partial charge in [0.25, 0.3) is 0 Å². The summed E-state index contributed by atoms with van der Waals surface area (Å²) in [7, 11) is 0. The third-order valence-corrected chi connectivity index (χ3v) is 5.25. The van der Waals surface area contributed by atoms with Crippen molar-refractivity contribution in [2.75, 3.05) is 19.7 Å². The van der Waals surface area contributed by atoms with Gasteiger partial charge in [0.1, 0.15) is 11.9 Å². The van der Waals surface area contributed by atoms with Crippen molar-refractivity contribution >= 4 is 5.97 Å². The molecule has 5 nitrogen and oxygen atoms in total. The van der Waals surface area contributed by atoms with Gasteiger partial charge >= 0.3 is 5.97 Å². The number of hydrogen-bond donors (Lipinski definition) is 0. The molecule has 21 heavy (non-hydrogen) atoms. The molecule has 1 aromatic rings. The SMILES string of the molecule is Cc1nc2c(n1[C@@H]1CCN([C@H]3CCOC3=O)C1)CCCC2. The molecule has 4 rings (SSSR count). The Bertz CT molecular complexity index is 566. The minimum atomic E-state index is -0.0277. The number of rotatable bonds is 2. The highest BCUT2D eigenvalue weighted by Gasteiger charge is 2.38. The van der Waals surface area contributed by atoms with Crippen LogP contribution in [0, 0.1) is 6.92 Å². The zero-order chi connectivity index (χ0) is 14.4. The number of imidazole rings is 1. The third-order valence-electron chi connectivity index (χ3n) is 5.25. The van der Waals surface area contributed by atoms with Crippen LogP contribution in [0.1, 0.15) is 48.9 Å². The van der Waals surface area contributed by atoms with E-state index in [1.165, 1.54) is 24.2 Å². The minimum absolute atomic E-state index is 0.00495. The van der Waals surface area contributed by atoms with Gasteiger partial charge in [-0.25, -0.2) is 4.98 Å². The van der Waals surface area contributed by atoms with E-state index in [4.69, 9.17) is 9.72 Å². The number of cyclic esters (lactones) is 1. The Morgan fingerprint density at radius 1 is 1.24 bits per heavy atom. The molecule has 0 spiro atoms. The summed E-state index contributed by atoms with van der Waals surface area (Å²) in [5.74, 6) is 1.13. The Morgan fingerprint density at radius 3 is 2.90 bits per heavy atom. The van der Waals surface area contributed by atoms with Gasteiger partial charge in [-0.05, 0) is 39.0 Å². The van der Waals surface area contributed by atoms with E-state index in [-0.39, 0.29) is 12.0 Å². The second kappa shape index (κ2) is 5.13. The van der Waals surface area contributed by atoms with Crippen LogP contribution in [0.15, 0.2) is 0 Å². The average Bonchev–Trinajstić information content (AvgIpc) is 3.15. The van der Waals surface area contributed by atoms with Crippen LogP contribution in [-0.2, 0) is 22.4 Å². The van der Waals surface area contributed by atoms with Gasteiger partial charge in [-0.1, -0.05) is 0 Å². The number of carbonyl (C=O) groups excluding carboxylic acids is 1. The normalized spacial score (nSPS) is 29.7. The smallest absolute Gasteiger partial charge is 0.323 e. The number of fused-ring (bicyclic) bond motifs is 1. The second-order valence-electron chi connectivity index (χ2n) is 6.54. The van der Waals surface area contributed by atoms with Crippen LogP contribution in [-0.4, -0.2) is 46.2 Å². The molecule has 0 N–H and O–H groups in total. The number of carbonyl (C=O) groups is 1. The summed E-state index contributed by atoms with van der Waals surface area (Å²) in [6, 6.07) is 0.474. The topological polar surface area (TPSA) is 47.4 Å². The Morgan fingerprint density at radius 2 is 2.10 bits per heavy atom. The summed E-state index contributed by atoms with van der Waals surface area (Å²) in [5, 5.41) is 0. The molecular weight excluding hydrogens is 266 g/mol. The zero-order valence-electron chi connectivity index (χ0n) is 12.7. The summed E-state index contributed by atoms with van der Waals surface area (Å²) in [6.07, 6.45) is 6.82. The molecule has 0 radical (unpaired) electrons. The van der Waals surface area contributed by atoms with Crippen LogP contribution >= 0.6 is 0 Å². The molecule has 3 aliphatic rings. The molecule has 2 fully saturated rings. The van der Waals surface area contributed by atoms with Crippen molar-refractivity contribution in [3.05, 3.63) is 17.2 Å². The molecule has 2 atom stereocenters. The molecular formula is C16H23N3O2. The third kappa shape index (κ3) is 2.18. The van der Waals surface area contributed by atoms with Crippen molar-refractivity contribution in [1.82, 2.24) is 14.5 Å².